The highest BCUT2D eigenvalue weighted by Gasteiger charge is 2.36. The van der Waals surface area contributed by atoms with Crippen molar-refractivity contribution < 1.29 is 73.2 Å². The molecule has 74 heavy (non-hydrogen) atoms. The Morgan fingerprint density at radius 3 is 1.53 bits per heavy atom. The number of amides is 10. The molecule has 0 aromatic heterocycles. The minimum Gasteiger partial charge on any atom is -0.481 e. The molecule has 20 N–H and O–H groups in total. The van der Waals surface area contributed by atoms with Crippen molar-refractivity contribution in [3.05, 3.63) is 35.9 Å². The molecule has 28 heteroatoms. The fourth-order valence-corrected chi connectivity index (χ4v) is 7.16. The predicted octanol–water partition coefficient (Wildman–Crippen LogP) is -6.93. The Morgan fingerprint density at radius 1 is 0.635 bits per heavy atom. The number of carboxylic acids is 1. The molecule has 10 amide bonds. The summed E-state index contributed by atoms with van der Waals surface area (Å²) in [6, 6.07) is -5.08. The van der Waals surface area contributed by atoms with Gasteiger partial charge in [0.15, 0.2) is 0 Å². The first-order valence-electron chi connectivity index (χ1n) is 24.1. The highest BCUT2D eigenvalue weighted by Crippen LogP contribution is 2.11. The molecule has 0 aliphatic carbocycles. The average Bonchev–Trinajstić information content (AvgIpc) is 3.31. The molecule has 1 fully saturated rings. The zero-order valence-corrected chi connectivity index (χ0v) is 42.6. The summed E-state index contributed by atoms with van der Waals surface area (Å²) in [5.74, 6) is -10.4. The minimum absolute atomic E-state index is 0.0533. The molecule has 0 spiro atoms. The quantitative estimate of drug-likeness (QED) is 0.0650. The average molecular weight is 1050 g/mol. The third kappa shape index (κ3) is 23.8. The van der Waals surface area contributed by atoms with Crippen LogP contribution < -0.4 is 70.4 Å². The van der Waals surface area contributed by atoms with E-state index in [-0.39, 0.29) is 57.7 Å². The molecule has 1 saturated heterocycles. The summed E-state index contributed by atoms with van der Waals surface area (Å²) in [4.78, 5) is 145. The van der Waals surface area contributed by atoms with Gasteiger partial charge in [-0.3, -0.25) is 52.7 Å². The first kappa shape index (κ1) is 65.2. The van der Waals surface area contributed by atoms with E-state index in [0.717, 1.165) is 13.8 Å². The zero-order valence-electron chi connectivity index (χ0n) is 42.6. The number of carbonyl (C=O) groups excluding carboxylic acids is 10. The lowest BCUT2D eigenvalue weighted by Crippen LogP contribution is -2.61. The van der Waals surface area contributed by atoms with Crippen LogP contribution in [0.3, 0.4) is 0 Å². The Hall–Kier alpha value is -6.85. The van der Waals surface area contributed by atoms with Crippen LogP contribution in [0.25, 0.3) is 0 Å². The van der Waals surface area contributed by atoms with E-state index < -0.39 is 151 Å². The van der Waals surface area contributed by atoms with Crippen molar-refractivity contribution in [2.24, 2.45) is 23.1 Å². The number of nitrogens with one attached hydrogen (secondary N) is 10. The second-order valence-corrected chi connectivity index (χ2v) is 17.9. The Labute approximate surface area is 429 Å². The Balaban J connectivity index is 0.00000658. The van der Waals surface area contributed by atoms with E-state index in [4.69, 9.17) is 27.1 Å². The third-order valence-corrected chi connectivity index (χ3v) is 10.9. The van der Waals surface area contributed by atoms with Crippen molar-refractivity contribution >= 4 is 65.0 Å². The van der Waals surface area contributed by atoms with Crippen LogP contribution in [0.4, 0.5) is 0 Å². The summed E-state index contributed by atoms with van der Waals surface area (Å²) < 4.78 is 0. The second kappa shape index (κ2) is 33.8. The monoisotopic (exact) mass is 1050 g/mol. The van der Waals surface area contributed by atoms with E-state index in [0.29, 0.717) is 5.56 Å². The summed E-state index contributed by atoms with van der Waals surface area (Å²) in [7, 11) is 0. The number of carboxylic acid groups (broad SMARTS) is 1. The van der Waals surface area contributed by atoms with Crippen LogP contribution in [0, 0.1) is 5.92 Å². The molecule has 2 rings (SSSR count). The molecule has 28 nitrogen and oxygen atoms in total. The van der Waals surface area contributed by atoms with Crippen molar-refractivity contribution in [3.63, 3.8) is 0 Å². The van der Waals surface area contributed by atoms with Gasteiger partial charge in [0.2, 0.25) is 59.1 Å². The van der Waals surface area contributed by atoms with Gasteiger partial charge in [0.25, 0.3) is 5.97 Å². The molecule has 1 heterocycles. The number of benzene rings is 1. The topological polar surface area (TPSA) is 467 Å². The van der Waals surface area contributed by atoms with Gasteiger partial charge in [-0.05, 0) is 77.1 Å². The van der Waals surface area contributed by atoms with Crippen molar-refractivity contribution in [1.29, 1.82) is 0 Å². The van der Waals surface area contributed by atoms with E-state index in [1.165, 1.54) is 13.8 Å². The molecule has 1 aromatic carbocycles. The molecule has 1 aromatic rings. The number of nitrogens with two attached hydrogens (primary N) is 3. The van der Waals surface area contributed by atoms with Gasteiger partial charge < -0.3 is 90.8 Å². The maximum atomic E-state index is 14.2. The van der Waals surface area contributed by atoms with Crippen LogP contribution in [0.15, 0.2) is 30.3 Å². The maximum absolute atomic E-state index is 14.2. The number of aliphatic hydroxyl groups excluding tert-OH is 3. The third-order valence-electron chi connectivity index (χ3n) is 10.9. The molecule has 1 aliphatic rings. The number of aliphatic hydroxyl groups is 3. The van der Waals surface area contributed by atoms with E-state index in [9.17, 15) is 63.3 Å². The summed E-state index contributed by atoms with van der Waals surface area (Å²) >= 11 is 0. The van der Waals surface area contributed by atoms with Crippen LogP contribution in [0.1, 0.15) is 79.2 Å². The molecular weight excluding hydrogens is 975 g/mol. The first-order valence-corrected chi connectivity index (χ1v) is 24.1. The lowest BCUT2D eigenvalue weighted by atomic mass is 10.00. The smallest absolute Gasteiger partial charge is 0.300 e. The maximum Gasteiger partial charge on any atom is 0.300 e. The van der Waals surface area contributed by atoms with Gasteiger partial charge in [-0.15, -0.1) is 0 Å². The Morgan fingerprint density at radius 2 is 1.08 bits per heavy atom. The molecule has 1 aliphatic heterocycles. The Bertz CT molecular complexity index is 2040. The SMILES string of the molecule is CC(=O)NC(C(=O)NC(CO)C(=O)NC1CCNC(=O)C(C(C)O)NC(=O)C(CCN)NC(=O)C(CCN)NC(=O)C(CC(C)C)NC(=O)C(Cc2ccccc2)NC(=O)C(CCN)NC1=O)C(C)O.CC(=O)O. The minimum atomic E-state index is -1.78. The van der Waals surface area contributed by atoms with Gasteiger partial charge in [0.1, 0.15) is 54.4 Å². The van der Waals surface area contributed by atoms with Gasteiger partial charge in [0, 0.05) is 26.8 Å². The Kier molecular flexibility index (Phi) is 29.8. The van der Waals surface area contributed by atoms with Crippen LogP contribution in [0.5, 0.6) is 0 Å². The number of hydrogen-bond acceptors (Lipinski definition) is 17. The summed E-state index contributed by atoms with van der Waals surface area (Å²) in [5, 5.41) is 62.8. The van der Waals surface area contributed by atoms with E-state index in [1.807, 2.05) is 0 Å². The van der Waals surface area contributed by atoms with Gasteiger partial charge in [-0.1, -0.05) is 44.2 Å². The first-order chi connectivity index (χ1) is 34.8. The largest absolute Gasteiger partial charge is 0.481 e. The molecule has 0 saturated carbocycles. The van der Waals surface area contributed by atoms with Crippen LogP contribution in [0.2, 0.25) is 0 Å². The van der Waals surface area contributed by atoms with Crippen molar-refractivity contribution in [3.8, 4) is 0 Å². The number of aliphatic carboxylic acids is 1. The summed E-state index contributed by atoms with van der Waals surface area (Å²) in [6.07, 6.45) is -4.04. The normalized spacial score (nSPS) is 23.4. The molecule has 11 atom stereocenters. The van der Waals surface area contributed by atoms with Crippen molar-refractivity contribution in [1.82, 2.24) is 53.2 Å². The van der Waals surface area contributed by atoms with Crippen molar-refractivity contribution in [2.45, 2.75) is 147 Å². The molecule has 11 unspecified atom stereocenters. The molecule has 0 radical (unpaired) electrons. The molecule has 416 valence electrons. The zero-order chi connectivity index (χ0) is 56.2. The van der Waals surface area contributed by atoms with Gasteiger partial charge >= 0.3 is 0 Å². The lowest BCUT2D eigenvalue weighted by molar-refractivity contribution is -0.136. The van der Waals surface area contributed by atoms with E-state index >= 15 is 0 Å². The van der Waals surface area contributed by atoms with E-state index in [2.05, 4.69) is 53.2 Å². The van der Waals surface area contributed by atoms with Gasteiger partial charge in [-0.2, -0.15) is 0 Å². The van der Waals surface area contributed by atoms with Gasteiger partial charge in [0.05, 0.1) is 18.8 Å². The van der Waals surface area contributed by atoms with Gasteiger partial charge in [-0.25, -0.2) is 0 Å². The fraction of sp³-hybridized carbons (Fsp3) is 0.630. The second-order valence-electron chi connectivity index (χ2n) is 17.9. The van der Waals surface area contributed by atoms with Crippen LogP contribution in [-0.2, 0) is 59.2 Å². The summed E-state index contributed by atoms with van der Waals surface area (Å²) in [6.45, 7) is 6.16. The molecular formula is C46H77N13O15. The van der Waals surface area contributed by atoms with Crippen LogP contribution >= 0.6 is 0 Å². The number of rotatable bonds is 18. The highest BCUT2D eigenvalue weighted by atomic mass is 16.4. The van der Waals surface area contributed by atoms with Crippen LogP contribution in [-0.4, -0.2) is 185 Å². The highest BCUT2D eigenvalue weighted by molar-refractivity contribution is 5.99. The van der Waals surface area contributed by atoms with E-state index in [1.54, 1.807) is 44.2 Å². The number of carbonyl (C=O) groups is 11. The molecule has 0 bridgehead atoms. The van der Waals surface area contributed by atoms with Crippen molar-refractivity contribution in [2.75, 3.05) is 32.8 Å². The lowest BCUT2D eigenvalue weighted by Gasteiger charge is -2.28. The number of hydrogen-bond donors (Lipinski definition) is 17. The fourth-order valence-electron chi connectivity index (χ4n) is 7.16. The summed E-state index contributed by atoms with van der Waals surface area (Å²) in [5.41, 5.74) is 18.1. The standard InChI is InChI=1S/C44H73N13O13.C2H4O2/c1-22(2)19-31-40(66)52-27(11-15-45)36(62)51-29(13-17-47)39(65)57-34(23(3)59)43(69)48-18-14-30(53-42(68)33(21-58)56-44(70)35(24(4)60)49-25(5)61)38(64)50-28(12-16-46)37(63)55-32(41(67)54-31)20-26-9-7-6-8-10-26;1-2(3)4/h6-10,22-24,27-35,58-60H,11-21,45-47H2,1-5H3,(H,48,69)(H,49,61)(H,50,64)(H,51,62)(H,52,66)(H,53,68)(H,54,67)(H,55,63)(H,56,70)(H,57,65);1H3,(H,3,4). The predicted molar refractivity (Wildman–Crippen MR) is 265 cm³/mol.